The molecule has 1 fully saturated rings. The molecule has 1 rings (SSSR count). The van der Waals surface area contributed by atoms with E-state index in [4.69, 9.17) is 0 Å². The van der Waals surface area contributed by atoms with Gasteiger partial charge in [0, 0.05) is 13.1 Å². The third-order valence-corrected chi connectivity index (χ3v) is 1.00. The number of nitrogens with zero attached hydrogens (tertiary/aromatic N) is 2. The maximum Gasteiger partial charge on any atom is 0.0906 e. The predicted octanol–water partition coefficient (Wildman–Crippen LogP) is 0.350. The number of hydrogen-bond donors (Lipinski definition) is 0. The van der Waals surface area contributed by atoms with Crippen molar-refractivity contribution in [2.75, 3.05) is 19.8 Å². The van der Waals surface area contributed by atoms with Crippen molar-refractivity contribution >= 4 is 6.21 Å². The molecule has 0 bridgehead atoms. The van der Waals surface area contributed by atoms with Gasteiger partial charge in [0.2, 0.25) is 0 Å². The normalized spacial score (nSPS) is 21.3. The highest BCUT2D eigenvalue weighted by atomic mass is 15.3. The second kappa shape index (κ2) is 2.07. The minimum absolute atomic E-state index is 0.913. The highest BCUT2D eigenvalue weighted by Crippen LogP contribution is 2.00. The summed E-state index contributed by atoms with van der Waals surface area (Å²) in [7, 11) is 0. The monoisotopic (exact) mass is 98.1 g/mol. The van der Waals surface area contributed by atoms with Crippen molar-refractivity contribution < 1.29 is 0 Å². The highest BCUT2D eigenvalue weighted by molar-refractivity contribution is 5.53. The van der Waals surface area contributed by atoms with Crippen LogP contribution >= 0.6 is 0 Å². The fourth-order valence-electron chi connectivity index (χ4n) is 0.409. The fourth-order valence-corrected chi connectivity index (χ4v) is 0.409. The van der Waals surface area contributed by atoms with Gasteiger partial charge in [-0.2, -0.15) is 0 Å². The molecule has 1 saturated heterocycles. The molecule has 0 aromatic heterocycles. The van der Waals surface area contributed by atoms with Gasteiger partial charge in [0.25, 0.3) is 0 Å². The van der Waals surface area contributed by atoms with Crippen LogP contribution in [0.4, 0.5) is 0 Å². The zero-order chi connectivity index (χ0) is 5.11. The third-order valence-electron chi connectivity index (χ3n) is 1.00. The van der Waals surface area contributed by atoms with Crippen molar-refractivity contribution in [2.24, 2.45) is 4.99 Å². The first kappa shape index (κ1) is 4.78. The van der Waals surface area contributed by atoms with Crippen LogP contribution in [0.1, 0.15) is 6.92 Å². The van der Waals surface area contributed by atoms with E-state index in [0.717, 1.165) is 6.67 Å². The average Bonchev–Trinajstić information content (AvgIpc) is 2.42. The number of rotatable bonds is 2. The van der Waals surface area contributed by atoms with Gasteiger partial charge in [-0.3, -0.25) is 9.89 Å². The van der Waals surface area contributed by atoms with Crippen molar-refractivity contribution in [3.8, 4) is 0 Å². The molecule has 0 aromatic carbocycles. The lowest BCUT2D eigenvalue weighted by Gasteiger charge is -1.86. The smallest absolute Gasteiger partial charge is 0.0906 e. The topological polar surface area (TPSA) is 15.4 Å². The summed E-state index contributed by atoms with van der Waals surface area (Å²) in [6.07, 6.45) is 1.85. The van der Waals surface area contributed by atoms with E-state index in [0.29, 0.717) is 0 Å². The van der Waals surface area contributed by atoms with Crippen LogP contribution in [0, 0.1) is 0 Å². The average molecular weight is 98.1 g/mol. The summed E-state index contributed by atoms with van der Waals surface area (Å²) >= 11 is 0. The molecule has 0 spiro atoms. The minimum Gasteiger partial charge on any atom is -0.282 e. The molecule has 0 atom stereocenters. The Balaban J connectivity index is 1.98. The van der Waals surface area contributed by atoms with Gasteiger partial charge in [-0.05, 0) is 13.1 Å². The molecule has 0 amide bonds. The first-order valence-corrected chi connectivity index (χ1v) is 2.60. The molecule has 1 aliphatic rings. The standard InChI is InChI=1S/C5H10N2/c1-2-6-5-7-3-4-7/h2H,3-5H2,1H3. The van der Waals surface area contributed by atoms with E-state index in [9.17, 15) is 0 Å². The zero-order valence-corrected chi connectivity index (χ0v) is 4.59. The van der Waals surface area contributed by atoms with E-state index in [2.05, 4.69) is 9.89 Å². The van der Waals surface area contributed by atoms with Crippen molar-refractivity contribution in [3.05, 3.63) is 0 Å². The lowest BCUT2D eigenvalue weighted by Crippen LogP contribution is -1.93. The van der Waals surface area contributed by atoms with E-state index in [-0.39, 0.29) is 0 Å². The Labute approximate surface area is 43.8 Å². The summed E-state index contributed by atoms with van der Waals surface area (Å²) in [5, 5.41) is 0. The molecule has 2 heteroatoms. The van der Waals surface area contributed by atoms with Crippen LogP contribution in [0.3, 0.4) is 0 Å². The summed E-state index contributed by atoms with van der Waals surface area (Å²) in [5.41, 5.74) is 0. The van der Waals surface area contributed by atoms with Crippen LogP contribution in [0.15, 0.2) is 4.99 Å². The molecule has 0 radical (unpaired) electrons. The van der Waals surface area contributed by atoms with E-state index in [1.807, 2.05) is 13.1 Å². The Morgan fingerprint density at radius 2 is 2.43 bits per heavy atom. The van der Waals surface area contributed by atoms with Gasteiger partial charge in [-0.15, -0.1) is 0 Å². The Kier molecular flexibility index (Phi) is 1.42. The van der Waals surface area contributed by atoms with Crippen LogP contribution in [-0.4, -0.2) is 30.9 Å². The van der Waals surface area contributed by atoms with Gasteiger partial charge in [-0.25, -0.2) is 0 Å². The lowest BCUT2D eigenvalue weighted by molar-refractivity contribution is 0.581. The quantitative estimate of drug-likeness (QED) is 0.359. The molecule has 40 valence electrons. The van der Waals surface area contributed by atoms with Crippen molar-refractivity contribution in [1.29, 1.82) is 0 Å². The second-order valence-corrected chi connectivity index (χ2v) is 1.70. The van der Waals surface area contributed by atoms with Gasteiger partial charge in [-0.1, -0.05) is 0 Å². The summed E-state index contributed by atoms with van der Waals surface area (Å²) in [6, 6.07) is 0. The molecule has 1 heterocycles. The molecule has 0 saturated carbocycles. The summed E-state index contributed by atoms with van der Waals surface area (Å²) in [4.78, 5) is 6.30. The van der Waals surface area contributed by atoms with Crippen LogP contribution in [-0.2, 0) is 0 Å². The number of aliphatic imine (C=N–C) groups is 1. The maximum absolute atomic E-state index is 4.03. The Bertz CT molecular complexity index is 74.1. The predicted molar refractivity (Wildman–Crippen MR) is 30.6 cm³/mol. The second-order valence-electron chi connectivity index (χ2n) is 1.70. The molecule has 7 heavy (non-hydrogen) atoms. The molecule has 1 aliphatic heterocycles. The van der Waals surface area contributed by atoms with Gasteiger partial charge in [0.15, 0.2) is 0 Å². The summed E-state index contributed by atoms with van der Waals surface area (Å²) in [5.74, 6) is 0. The van der Waals surface area contributed by atoms with Crippen LogP contribution in [0.25, 0.3) is 0 Å². The van der Waals surface area contributed by atoms with Crippen LogP contribution in [0.5, 0.6) is 0 Å². The highest BCUT2D eigenvalue weighted by Gasteiger charge is 2.14. The van der Waals surface area contributed by atoms with Crippen LogP contribution in [0.2, 0.25) is 0 Å². The molecular weight excluding hydrogens is 88.1 g/mol. The van der Waals surface area contributed by atoms with Crippen molar-refractivity contribution in [2.45, 2.75) is 6.92 Å². The molecule has 0 unspecified atom stereocenters. The molecule has 0 aromatic rings. The maximum atomic E-state index is 4.03. The van der Waals surface area contributed by atoms with Gasteiger partial charge in [0.05, 0.1) is 6.67 Å². The van der Waals surface area contributed by atoms with Gasteiger partial charge in [0.1, 0.15) is 0 Å². The zero-order valence-electron chi connectivity index (χ0n) is 4.59. The molecule has 2 nitrogen and oxygen atoms in total. The van der Waals surface area contributed by atoms with Gasteiger partial charge < -0.3 is 0 Å². The Hall–Kier alpha value is -0.370. The van der Waals surface area contributed by atoms with E-state index in [1.165, 1.54) is 13.1 Å². The fraction of sp³-hybridized carbons (Fsp3) is 0.800. The largest absolute Gasteiger partial charge is 0.282 e. The SMILES string of the molecule is CC=NCN1CC1. The van der Waals surface area contributed by atoms with Gasteiger partial charge >= 0.3 is 0 Å². The van der Waals surface area contributed by atoms with Crippen molar-refractivity contribution in [1.82, 2.24) is 4.90 Å². The Morgan fingerprint density at radius 1 is 1.71 bits per heavy atom. The summed E-state index contributed by atoms with van der Waals surface area (Å²) < 4.78 is 0. The molecule has 0 N–H and O–H groups in total. The van der Waals surface area contributed by atoms with E-state index >= 15 is 0 Å². The molecule has 0 aliphatic carbocycles. The Morgan fingerprint density at radius 3 is 2.86 bits per heavy atom. The van der Waals surface area contributed by atoms with E-state index in [1.54, 1.807) is 0 Å². The first-order valence-electron chi connectivity index (χ1n) is 2.60. The lowest BCUT2D eigenvalue weighted by atomic mass is 10.9. The molecular formula is C5H10N2. The summed E-state index contributed by atoms with van der Waals surface area (Å²) in [6.45, 7) is 5.36. The first-order chi connectivity index (χ1) is 3.43. The number of hydrogen-bond acceptors (Lipinski definition) is 2. The van der Waals surface area contributed by atoms with Crippen molar-refractivity contribution in [3.63, 3.8) is 0 Å². The third kappa shape index (κ3) is 1.69. The van der Waals surface area contributed by atoms with E-state index < -0.39 is 0 Å². The van der Waals surface area contributed by atoms with Crippen LogP contribution < -0.4 is 0 Å². The minimum atomic E-state index is 0.913.